The lowest BCUT2D eigenvalue weighted by molar-refractivity contribution is -0.150. The van der Waals surface area contributed by atoms with Gasteiger partial charge < -0.3 is 15.2 Å². The highest BCUT2D eigenvalue weighted by Gasteiger charge is 2.14. The van der Waals surface area contributed by atoms with Gasteiger partial charge in [0.2, 0.25) is 0 Å². The fourth-order valence-corrected chi connectivity index (χ4v) is 6.24. The number of hydrogen-bond acceptors (Lipinski definition) is 4. The first kappa shape index (κ1) is 52.7. The third-order valence-corrected chi connectivity index (χ3v) is 9.51. The molecule has 0 saturated heterocycles. The lowest BCUT2D eigenvalue weighted by Gasteiger charge is -2.18. The maximum absolute atomic E-state index is 12.6. The van der Waals surface area contributed by atoms with Crippen LogP contribution in [0, 0.1) is 0 Å². The number of aliphatic hydroxyl groups excluding tert-OH is 1. The summed E-state index contributed by atoms with van der Waals surface area (Å²) < 4.78 is 6.04. The van der Waals surface area contributed by atoms with E-state index in [0.29, 0.717) is 13.0 Å². The van der Waals surface area contributed by atoms with E-state index in [1.807, 2.05) is 13.8 Å². The van der Waals surface area contributed by atoms with Gasteiger partial charge in [-0.25, -0.2) is 0 Å². The summed E-state index contributed by atoms with van der Waals surface area (Å²) in [6, 6.07) is 0. The number of carbonyl (C=O) groups is 1. The van der Waals surface area contributed by atoms with Crippen LogP contribution in [0.2, 0.25) is 0 Å². The van der Waals surface area contributed by atoms with Crippen molar-refractivity contribution in [1.29, 1.82) is 0 Å². The molecule has 0 aliphatic heterocycles. The monoisotopic (exact) mass is 698 g/mol. The van der Waals surface area contributed by atoms with Crippen LogP contribution >= 0.6 is 0 Å². The molecule has 0 bridgehead atoms. The van der Waals surface area contributed by atoms with Crippen molar-refractivity contribution < 1.29 is 14.6 Å². The zero-order chi connectivity index (χ0) is 36.7. The maximum Gasteiger partial charge on any atom is 0.306 e. The van der Waals surface area contributed by atoms with Gasteiger partial charge in [-0.1, -0.05) is 202 Å². The fraction of sp³-hybridized carbons (Fsp3) is 0.978. The number of unbranched alkanes of at least 4 members (excludes halogenated alkanes) is 26. The molecule has 1 atom stereocenters. The Balaban J connectivity index is -0.00000275. The summed E-state index contributed by atoms with van der Waals surface area (Å²) in [5, 5.41) is 11.7. The average molecular weight is 698 g/mol. The standard InChI is InChI=1S/C39H79NO2.C4H10O.C2H6/c1-4-7-10-13-16-19-24-29-34-38(33-28-23-18-14-11-8-5-2)42-39(41)35-30-25-20-17-22-27-32-37-40-36-31-26-21-15-12-9-6-3;1-2-3-4-5;1-2/h38,40H,4-37H2,1-3H3;5H,2-4H2,1H3;1-2H3. The van der Waals surface area contributed by atoms with Crippen LogP contribution in [0.1, 0.15) is 260 Å². The lowest BCUT2D eigenvalue weighted by Crippen LogP contribution is -2.18. The van der Waals surface area contributed by atoms with E-state index in [-0.39, 0.29) is 12.1 Å². The molecule has 1 unspecified atom stereocenters. The molecule has 4 heteroatoms. The third kappa shape index (κ3) is 51.9. The summed E-state index contributed by atoms with van der Waals surface area (Å²) in [7, 11) is 0. The van der Waals surface area contributed by atoms with E-state index in [4.69, 9.17) is 9.84 Å². The minimum Gasteiger partial charge on any atom is -0.462 e. The van der Waals surface area contributed by atoms with E-state index in [9.17, 15) is 4.79 Å². The molecule has 0 saturated carbocycles. The molecule has 49 heavy (non-hydrogen) atoms. The van der Waals surface area contributed by atoms with Crippen LogP contribution in [0.15, 0.2) is 0 Å². The number of ether oxygens (including phenoxy) is 1. The Hall–Kier alpha value is -0.610. The van der Waals surface area contributed by atoms with Gasteiger partial charge in [-0.3, -0.25) is 4.79 Å². The Bertz CT molecular complexity index is 553. The molecule has 0 aromatic carbocycles. The Morgan fingerprint density at radius 2 is 0.755 bits per heavy atom. The SMILES string of the molecule is CC.CCCCCCCCCCC(CCCCCCCCC)OC(=O)CCCCCCCCCNCCCCCCCCC.CCCCO. The van der Waals surface area contributed by atoms with Crippen molar-refractivity contribution in [3.63, 3.8) is 0 Å². The Morgan fingerprint density at radius 3 is 1.08 bits per heavy atom. The van der Waals surface area contributed by atoms with Crippen LogP contribution in [0.4, 0.5) is 0 Å². The average Bonchev–Trinajstić information content (AvgIpc) is 3.11. The second kappa shape index (κ2) is 51.8. The number of carbonyl (C=O) groups excluding carboxylic acids is 1. The number of aliphatic hydroxyl groups is 1. The number of esters is 1. The van der Waals surface area contributed by atoms with Crippen molar-refractivity contribution in [2.24, 2.45) is 0 Å². The largest absolute Gasteiger partial charge is 0.462 e. The summed E-state index contributed by atoms with van der Waals surface area (Å²) in [5.41, 5.74) is 0. The van der Waals surface area contributed by atoms with Crippen LogP contribution in [0.3, 0.4) is 0 Å². The van der Waals surface area contributed by atoms with Crippen molar-refractivity contribution in [2.45, 2.75) is 266 Å². The third-order valence-electron chi connectivity index (χ3n) is 9.51. The van der Waals surface area contributed by atoms with Gasteiger partial charge in [0.1, 0.15) is 6.10 Å². The van der Waals surface area contributed by atoms with Crippen molar-refractivity contribution in [3.05, 3.63) is 0 Å². The molecule has 0 aromatic rings. The molecule has 0 aromatic heterocycles. The van der Waals surface area contributed by atoms with E-state index in [1.54, 1.807) is 0 Å². The van der Waals surface area contributed by atoms with Crippen LogP contribution in [0.25, 0.3) is 0 Å². The summed E-state index contributed by atoms with van der Waals surface area (Å²) >= 11 is 0. The van der Waals surface area contributed by atoms with Gasteiger partial charge in [0.15, 0.2) is 0 Å². The van der Waals surface area contributed by atoms with Gasteiger partial charge in [0.25, 0.3) is 0 Å². The molecule has 0 amide bonds. The van der Waals surface area contributed by atoms with Crippen molar-refractivity contribution in [3.8, 4) is 0 Å². The number of rotatable bonds is 38. The zero-order valence-corrected chi connectivity index (χ0v) is 35.0. The van der Waals surface area contributed by atoms with Crippen molar-refractivity contribution in [1.82, 2.24) is 5.32 Å². The van der Waals surface area contributed by atoms with Gasteiger partial charge in [-0.15, -0.1) is 0 Å². The molecule has 2 N–H and O–H groups in total. The quantitative estimate of drug-likeness (QED) is 0.0498. The maximum atomic E-state index is 12.6. The van der Waals surface area contributed by atoms with Gasteiger partial charge in [0.05, 0.1) is 0 Å². The topological polar surface area (TPSA) is 58.6 Å². The van der Waals surface area contributed by atoms with Crippen LogP contribution in [0.5, 0.6) is 0 Å². The highest BCUT2D eigenvalue weighted by Crippen LogP contribution is 2.19. The normalized spacial score (nSPS) is 11.4. The minimum absolute atomic E-state index is 0.0644. The minimum atomic E-state index is 0.0644. The molecular formula is C45H95NO3. The molecule has 0 fully saturated rings. The second-order valence-electron chi connectivity index (χ2n) is 14.5. The Morgan fingerprint density at radius 1 is 0.449 bits per heavy atom. The van der Waals surface area contributed by atoms with Gasteiger partial charge in [0, 0.05) is 13.0 Å². The lowest BCUT2D eigenvalue weighted by atomic mass is 10.0. The Labute approximate surface area is 310 Å². The molecule has 0 aliphatic carbocycles. The molecule has 298 valence electrons. The highest BCUT2D eigenvalue weighted by molar-refractivity contribution is 5.69. The molecule has 0 aliphatic rings. The van der Waals surface area contributed by atoms with E-state index in [1.165, 1.54) is 193 Å². The molecule has 0 spiro atoms. The number of hydrogen-bond donors (Lipinski definition) is 2. The molecular weight excluding hydrogens is 602 g/mol. The van der Waals surface area contributed by atoms with Crippen molar-refractivity contribution >= 4 is 5.97 Å². The van der Waals surface area contributed by atoms with Crippen LogP contribution < -0.4 is 5.32 Å². The molecule has 0 rings (SSSR count). The summed E-state index contributed by atoms with van der Waals surface area (Å²) in [4.78, 5) is 12.6. The van der Waals surface area contributed by atoms with E-state index in [2.05, 4.69) is 33.0 Å². The predicted molar refractivity (Wildman–Crippen MR) is 221 cm³/mol. The van der Waals surface area contributed by atoms with Crippen molar-refractivity contribution in [2.75, 3.05) is 19.7 Å². The van der Waals surface area contributed by atoms with E-state index >= 15 is 0 Å². The van der Waals surface area contributed by atoms with E-state index in [0.717, 1.165) is 32.1 Å². The molecule has 0 radical (unpaired) electrons. The first-order chi connectivity index (χ1) is 24.2. The first-order valence-corrected chi connectivity index (χ1v) is 22.7. The van der Waals surface area contributed by atoms with Gasteiger partial charge in [-0.05, 0) is 64.5 Å². The van der Waals surface area contributed by atoms with Gasteiger partial charge >= 0.3 is 5.97 Å². The molecule has 0 heterocycles. The fourth-order valence-electron chi connectivity index (χ4n) is 6.24. The second-order valence-corrected chi connectivity index (χ2v) is 14.5. The smallest absolute Gasteiger partial charge is 0.306 e. The van der Waals surface area contributed by atoms with E-state index < -0.39 is 0 Å². The first-order valence-electron chi connectivity index (χ1n) is 22.7. The van der Waals surface area contributed by atoms with Gasteiger partial charge in [-0.2, -0.15) is 0 Å². The zero-order valence-electron chi connectivity index (χ0n) is 35.0. The number of nitrogens with one attached hydrogen (secondary N) is 1. The summed E-state index contributed by atoms with van der Waals surface area (Å²) in [6.45, 7) is 15.6. The summed E-state index contributed by atoms with van der Waals surface area (Å²) in [5.74, 6) is 0.0644. The van der Waals surface area contributed by atoms with Crippen LogP contribution in [-0.2, 0) is 9.53 Å². The Kier molecular flexibility index (Phi) is 55.7. The molecule has 4 nitrogen and oxygen atoms in total. The highest BCUT2D eigenvalue weighted by atomic mass is 16.5. The predicted octanol–water partition coefficient (Wildman–Crippen LogP) is 14.8. The summed E-state index contributed by atoms with van der Waals surface area (Å²) in [6.07, 6.45) is 43.5. The van der Waals surface area contributed by atoms with Crippen LogP contribution in [-0.4, -0.2) is 36.9 Å².